The Bertz CT molecular complexity index is 348. The van der Waals surface area contributed by atoms with Crippen molar-refractivity contribution in [2.45, 2.75) is 32.3 Å². The van der Waals surface area contributed by atoms with Crippen LogP contribution in [-0.2, 0) is 6.42 Å². The number of hydrogen-bond donors (Lipinski definition) is 1. The molecule has 2 nitrogen and oxygen atoms in total. The summed E-state index contributed by atoms with van der Waals surface area (Å²) >= 11 is 6.07. The van der Waals surface area contributed by atoms with Gasteiger partial charge in [0.15, 0.2) is 0 Å². The normalized spacial score (nSPS) is 17.4. The molecule has 0 spiro atoms. The molecule has 1 aromatic carbocycles. The Hall–Kier alpha value is -0.730. The van der Waals surface area contributed by atoms with Crippen LogP contribution < -0.4 is 10.1 Å². The van der Waals surface area contributed by atoms with Gasteiger partial charge in [-0.3, -0.25) is 0 Å². The van der Waals surface area contributed by atoms with Crippen molar-refractivity contribution in [3.63, 3.8) is 0 Å². The van der Waals surface area contributed by atoms with Crippen LogP contribution in [0.1, 0.15) is 25.3 Å². The van der Waals surface area contributed by atoms with Crippen LogP contribution in [0.25, 0.3) is 0 Å². The molecular weight excluding hydrogens is 222 g/mol. The molecule has 0 atom stereocenters. The highest BCUT2D eigenvalue weighted by Crippen LogP contribution is 2.24. The molecule has 16 heavy (non-hydrogen) atoms. The Morgan fingerprint density at radius 3 is 2.81 bits per heavy atom. The van der Waals surface area contributed by atoms with E-state index in [0.29, 0.717) is 6.10 Å². The number of hydrogen-bond acceptors (Lipinski definition) is 2. The summed E-state index contributed by atoms with van der Waals surface area (Å²) in [5.74, 6) is 0.952. The van der Waals surface area contributed by atoms with E-state index in [4.69, 9.17) is 16.3 Å². The van der Waals surface area contributed by atoms with Crippen LogP contribution in [0.4, 0.5) is 0 Å². The molecule has 88 valence electrons. The van der Waals surface area contributed by atoms with Crippen molar-refractivity contribution in [1.29, 1.82) is 0 Å². The first-order valence-corrected chi connectivity index (χ1v) is 6.33. The number of piperidine rings is 1. The molecule has 0 aromatic heterocycles. The third-order valence-electron chi connectivity index (χ3n) is 2.99. The van der Waals surface area contributed by atoms with Gasteiger partial charge in [-0.15, -0.1) is 0 Å². The van der Waals surface area contributed by atoms with E-state index >= 15 is 0 Å². The van der Waals surface area contributed by atoms with Crippen molar-refractivity contribution in [1.82, 2.24) is 5.32 Å². The lowest BCUT2D eigenvalue weighted by molar-refractivity contribution is 0.162. The number of benzene rings is 1. The fourth-order valence-corrected chi connectivity index (χ4v) is 2.25. The monoisotopic (exact) mass is 239 g/mol. The topological polar surface area (TPSA) is 21.3 Å². The summed E-state index contributed by atoms with van der Waals surface area (Å²) in [4.78, 5) is 0. The number of aryl methyl sites for hydroxylation is 1. The molecule has 0 aliphatic carbocycles. The summed E-state index contributed by atoms with van der Waals surface area (Å²) in [6, 6.07) is 5.95. The SMILES string of the molecule is CCc1cc(OC2CCNCC2)ccc1Cl. The zero-order valence-corrected chi connectivity index (χ0v) is 10.4. The molecule has 0 saturated carbocycles. The maximum atomic E-state index is 6.07. The summed E-state index contributed by atoms with van der Waals surface area (Å²) < 4.78 is 5.95. The van der Waals surface area contributed by atoms with Gasteiger partial charge in [-0.2, -0.15) is 0 Å². The standard InChI is InChI=1S/C13H18ClNO/c1-2-10-9-12(3-4-13(10)14)16-11-5-7-15-8-6-11/h3-4,9,11,15H,2,5-8H2,1H3. The summed E-state index contributed by atoms with van der Waals surface area (Å²) in [7, 11) is 0. The molecule has 1 heterocycles. The molecular formula is C13H18ClNO. The lowest BCUT2D eigenvalue weighted by atomic mass is 10.1. The van der Waals surface area contributed by atoms with Gasteiger partial charge in [0.05, 0.1) is 0 Å². The Kier molecular flexibility index (Phi) is 4.08. The Morgan fingerprint density at radius 2 is 2.12 bits per heavy atom. The summed E-state index contributed by atoms with van der Waals surface area (Å²) in [6.07, 6.45) is 3.48. The van der Waals surface area contributed by atoms with Crippen LogP contribution in [0.2, 0.25) is 5.02 Å². The maximum Gasteiger partial charge on any atom is 0.120 e. The molecule has 1 aromatic rings. The fourth-order valence-electron chi connectivity index (χ4n) is 2.00. The number of nitrogens with one attached hydrogen (secondary N) is 1. The van der Waals surface area contributed by atoms with Gasteiger partial charge < -0.3 is 10.1 Å². The smallest absolute Gasteiger partial charge is 0.120 e. The highest BCUT2D eigenvalue weighted by atomic mass is 35.5. The zero-order valence-electron chi connectivity index (χ0n) is 9.63. The molecule has 1 aliphatic heterocycles. The first-order valence-electron chi connectivity index (χ1n) is 5.95. The molecule has 3 heteroatoms. The van der Waals surface area contributed by atoms with Gasteiger partial charge in [0.25, 0.3) is 0 Å². The summed E-state index contributed by atoms with van der Waals surface area (Å²) in [5, 5.41) is 4.16. The van der Waals surface area contributed by atoms with Gasteiger partial charge in [-0.1, -0.05) is 18.5 Å². The van der Waals surface area contributed by atoms with E-state index in [0.717, 1.165) is 48.7 Å². The molecule has 1 fully saturated rings. The molecule has 2 rings (SSSR count). The molecule has 1 N–H and O–H groups in total. The minimum Gasteiger partial charge on any atom is -0.490 e. The summed E-state index contributed by atoms with van der Waals surface area (Å²) in [6.45, 7) is 4.22. The predicted molar refractivity (Wildman–Crippen MR) is 67.3 cm³/mol. The quantitative estimate of drug-likeness (QED) is 0.876. The lowest BCUT2D eigenvalue weighted by Crippen LogP contribution is -2.34. The maximum absolute atomic E-state index is 6.07. The second kappa shape index (κ2) is 5.55. The van der Waals surface area contributed by atoms with E-state index in [9.17, 15) is 0 Å². The molecule has 1 saturated heterocycles. The summed E-state index contributed by atoms with van der Waals surface area (Å²) in [5.41, 5.74) is 1.16. The second-order valence-corrected chi connectivity index (χ2v) is 4.58. The van der Waals surface area contributed by atoms with E-state index in [2.05, 4.69) is 18.3 Å². The first kappa shape index (κ1) is 11.7. The minimum atomic E-state index is 0.354. The third-order valence-corrected chi connectivity index (χ3v) is 3.36. The number of ether oxygens (including phenoxy) is 1. The highest BCUT2D eigenvalue weighted by molar-refractivity contribution is 6.31. The van der Waals surface area contributed by atoms with Crippen molar-refractivity contribution in [2.24, 2.45) is 0 Å². The van der Waals surface area contributed by atoms with E-state index in [-0.39, 0.29) is 0 Å². The molecule has 0 amide bonds. The average molecular weight is 240 g/mol. The van der Waals surface area contributed by atoms with E-state index < -0.39 is 0 Å². The van der Waals surface area contributed by atoms with Gasteiger partial charge >= 0.3 is 0 Å². The van der Waals surface area contributed by atoms with Crippen LogP contribution >= 0.6 is 11.6 Å². The van der Waals surface area contributed by atoms with Crippen molar-refractivity contribution in [3.05, 3.63) is 28.8 Å². The van der Waals surface area contributed by atoms with Crippen LogP contribution in [0.5, 0.6) is 5.75 Å². The van der Waals surface area contributed by atoms with Crippen LogP contribution in [0, 0.1) is 0 Å². The van der Waals surface area contributed by atoms with Gasteiger partial charge in [0.1, 0.15) is 11.9 Å². The van der Waals surface area contributed by atoms with Gasteiger partial charge in [0, 0.05) is 5.02 Å². The fraction of sp³-hybridized carbons (Fsp3) is 0.538. The van der Waals surface area contributed by atoms with Crippen LogP contribution in [-0.4, -0.2) is 19.2 Å². The van der Waals surface area contributed by atoms with Crippen molar-refractivity contribution in [3.8, 4) is 5.75 Å². The average Bonchev–Trinajstić information content (AvgIpc) is 2.33. The van der Waals surface area contributed by atoms with E-state index in [1.54, 1.807) is 0 Å². The van der Waals surface area contributed by atoms with Gasteiger partial charge in [-0.05, 0) is 56.1 Å². The lowest BCUT2D eigenvalue weighted by Gasteiger charge is -2.24. The minimum absolute atomic E-state index is 0.354. The van der Waals surface area contributed by atoms with Gasteiger partial charge in [0.2, 0.25) is 0 Å². The Morgan fingerprint density at radius 1 is 1.38 bits per heavy atom. The molecule has 0 radical (unpaired) electrons. The number of rotatable bonds is 3. The zero-order chi connectivity index (χ0) is 11.4. The predicted octanol–water partition coefficient (Wildman–Crippen LogP) is 3.03. The third kappa shape index (κ3) is 2.89. The van der Waals surface area contributed by atoms with E-state index in [1.165, 1.54) is 0 Å². The second-order valence-electron chi connectivity index (χ2n) is 4.17. The van der Waals surface area contributed by atoms with Gasteiger partial charge in [-0.25, -0.2) is 0 Å². The van der Waals surface area contributed by atoms with E-state index in [1.807, 2.05) is 12.1 Å². The Balaban J connectivity index is 2.03. The molecule has 0 bridgehead atoms. The number of halogens is 1. The van der Waals surface area contributed by atoms with Crippen molar-refractivity contribution in [2.75, 3.05) is 13.1 Å². The van der Waals surface area contributed by atoms with Crippen LogP contribution in [0.15, 0.2) is 18.2 Å². The largest absolute Gasteiger partial charge is 0.490 e. The van der Waals surface area contributed by atoms with Crippen molar-refractivity contribution >= 4 is 11.6 Å². The highest BCUT2D eigenvalue weighted by Gasteiger charge is 2.14. The van der Waals surface area contributed by atoms with Crippen molar-refractivity contribution < 1.29 is 4.74 Å². The molecule has 0 unspecified atom stereocenters. The van der Waals surface area contributed by atoms with Crippen LogP contribution in [0.3, 0.4) is 0 Å². The Labute approximate surface area is 102 Å². The molecule has 1 aliphatic rings. The first-order chi connectivity index (χ1) is 7.79.